The Labute approximate surface area is 76.4 Å². The van der Waals surface area contributed by atoms with Crippen molar-refractivity contribution in [1.82, 2.24) is 4.98 Å². The molecule has 0 aliphatic heterocycles. The van der Waals surface area contributed by atoms with Crippen molar-refractivity contribution in [2.24, 2.45) is 0 Å². The van der Waals surface area contributed by atoms with Gasteiger partial charge in [0.15, 0.2) is 0 Å². The van der Waals surface area contributed by atoms with E-state index in [2.05, 4.69) is 4.98 Å². The molecule has 0 amide bonds. The van der Waals surface area contributed by atoms with Gasteiger partial charge in [-0.1, -0.05) is 29.8 Å². The maximum atomic E-state index is 5.97. The van der Waals surface area contributed by atoms with Crippen LogP contribution in [0.15, 0.2) is 47.7 Å². The maximum Gasteiger partial charge on any atom is 0.0553 e. The molecule has 0 spiro atoms. The largest absolute Gasteiger partial charge is 0.260 e. The third-order valence-electron chi connectivity index (χ3n) is 1.86. The van der Waals surface area contributed by atoms with Crippen molar-refractivity contribution in [3.8, 4) is 0 Å². The van der Waals surface area contributed by atoms with Crippen LogP contribution in [0.25, 0.3) is 0 Å². The van der Waals surface area contributed by atoms with E-state index in [0.29, 0.717) is 0 Å². The summed E-state index contributed by atoms with van der Waals surface area (Å²) in [5.41, 5.74) is 1.01. The van der Waals surface area contributed by atoms with Crippen molar-refractivity contribution in [2.45, 2.75) is 5.92 Å². The fourth-order valence-electron chi connectivity index (χ4n) is 1.25. The molecule has 1 aliphatic carbocycles. The van der Waals surface area contributed by atoms with E-state index in [1.807, 2.05) is 36.4 Å². The highest BCUT2D eigenvalue weighted by Crippen LogP contribution is 2.30. The topological polar surface area (TPSA) is 12.9 Å². The molecule has 2 heteroatoms. The Hall–Kier alpha value is -1.08. The van der Waals surface area contributed by atoms with Crippen LogP contribution >= 0.6 is 11.6 Å². The average Bonchev–Trinajstić information content (AvgIpc) is 2.53. The first-order valence-corrected chi connectivity index (χ1v) is 4.20. The minimum atomic E-state index is 0.174. The van der Waals surface area contributed by atoms with Crippen LogP contribution in [0.5, 0.6) is 0 Å². The quantitative estimate of drug-likeness (QED) is 0.643. The lowest BCUT2D eigenvalue weighted by molar-refractivity contribution is 0.991. The van der Waals surface area contributed by atoms with E-state index in [4.69, 9.17) is 11.6 Å². The van der Waals surface area contributed by atoms with Gasteiger partial charge < -0.3 is 0 Å². The molecular weight excluding hydrogens is 170 g/mol. The van der Waals surface area contributed by atoms with E-state index in [-0.39, 0.29) is 5.92 Å². The molecule has 1 aromatic heterocycles. The summed E-state index contributed by atoms with van der Waals surface area (Å²) < 4.78 is 0. The van der Waals surface area contributed by atoms with Crippen molar-refractivity contribution >= 4 is 11.6 Å². The first-order chi connectivity index (χ1) is 5.88. The lowest BCUT2D eigenvalue weighted by Crippen LogP contribution is -1.94. The molecule has 0 bridgehead atoms. The van der Waals surface area contributed by atoms with Gasteiger partial charge in [-0.25, -0.2) is 0 Å². The van der Waals surface area contributed by atoms with E-state index >= 15 is 0 Å². The second-order valence-corrected chi connectivity index (χ2v) is 3.11. The number of pyridine rings is 1. The summed E-state index contributed by atoms with van der Waals surface area (Å²) in [6.07, 6.45) is 7.69. The maximum absolute atomic E-state index is 5.97. The van der Waals surface area contributed by atoms with Crippen molar-refractivity contribution in [3.63, 3.8) is 0 Å². The smallest absolute Gasteiger partial charge is 0.0553 e. The third-order valence-corrected chi connectivity index (χ3v) is 2.22. The van der Waals surface area contributed by atoms with Gasteiger partial charge >= 0.3 is 0 Å². The van der Waals surface area contributed by atoms with E-state index < -0.39 is 0 Å². The van der Waals surface area contributed by atoms with Crippen molar-refractivity contribution in [2.75, 3.05) is 0 Å². The second kappa shape index (κ2) is 3.11. The highest BCUT2D eigenvalue weighted by Gasteiger charge is 2.15. The predicted molar refractivity (Wildman–Crippen MR) is 50.1 cm³/mol. The van der Waals surface area contributed by atoms with Gasteiger partial charge in [-0.05, 0) is 18.2 Å². The van der Waals surface area contributed by atoms with E-state index in [0.717, 1.165) is 10.7 Å². The van der Waals surface area contributed by atoms with Gasteiger partial charge in [0.1, 0.15) is 0 Å². The molecule has 0 saturated heterocycles. The Bertz CT molecular complexity index is 327. The molecule has 0 N–H and O–H groups in total. The Balaban J connectivity index is 2.33. The average molecular weight is 178 g/mol. The molecule has 1 aromatic rings. The number of halogens is 1. The summed E-state index contributed by atoms with van der Waals surface area (Å²) >= 11 is 5.97. The highest BCUT2D eigenvalue weighted by molar-refractivity contribution is 6.30. The number of allylic oxidation sites excluding steroid dienone is 4. The highest BCUT2D eigenvalue weighted by atomic mass is 35.5. The predicted octanol–water partition coefficient (Wildman–Crippen LogP) is 2.86. The normalized spacial score (nSPS) is 21.1. The van der Waals surface area contributed by atoms with Crippen LogP contribution in [-0.4, -0.2) is 4.98 Å². The van der Waals surface area contributed by atoms with E-state index in [9.17, 15) is 0 Å². The molecule has 2 rings (SSSR count). The minimum absolute atomic E-state index is 0.174. The molecule has 1 atom stereocenters. The van der Waals surface area contributed by atoms with Crippen LogP contribution in [0, 0.1) is 0 Å². The molecule has 0 aromatic carbocycles. The van der Waals surface area contributed by atoms with Crippen LogP contribution < -0.4 is 0 Å². The molecule has 0 saturated carbocycles. The first kappa shape index (κ1) is 7.56. The van der Waals surface area contributed by atoms with Gasteiger partial charge in [0, 0.05) is 11.2 Å². The molecule has 12 heavy (non-hydrogen) atoms. The van der Waals surface area contributed by atoms with E-state index in [1.54, 1.807) is 6.20 Å². The molecule has 1 unspecified atom stereocenters. The summed E-state index contributed by atoms with van der Waals surface area (Å²) in [7, 11) is 0. The van der Waals surface area contributed by atoms with Crippen molar-refractivity contribution < 1.29 is 0 Å². The third kappa shape index (κ3) is 1.28. The van der Waals surface area contributed by atoms with Crippen LogP contribution in [0.4, 0.5) is 0 Å². The van der Waals surface area contributed by atoms with Crippen molar-refractivity contribution in [1.29, 1.82) is 0 Å². The van der Waals surface area contributed by atoms with Crippen molar-refractivity contribution in [3.05, 3.63) is 53.4 Å². The minimum Gasteiger partial charge on any atom is -0.260 e. The molecule has 60 valence electrons. The number of aromatic nitrogens is 1. The molecular formula is C10H8ClN. The van der Waals surface area contributed by atoms with Crippen LogP contribution in [-0.2, 0) is 0 Å². The standard InChI is InChI=1S/C10H8ClN/c11-9-5-3-4-8(9)10-6-1-2-7-12-10/h1-8H. The Morgan fingerprint density at radius 3 is 2.83 bits per heavy atom. The first-order valence-electron chi connectivity index (χ1n) is 3.83. The van der Waals surface area contributed by atoms with Gasteiger partial charge in [-0.3, -0.25) is 4.98 Å². The Morgan fingerprint density at radius 1 is 1.33 bits per heavy atom. The van der Waals surface area contributed by atoms with Crippen LogP contribution in [0.2, 0.25) is 0 Å². The number of rotatable bonds is 1. The lowest BCUT2D eigenvalue weighted by Gasteiger charge is -2.06. The molecule has 0 radical (unpaired) electrons. The van der Waals surface area contributed by atoms with Crippen LogP contribution in [0.1, 0.15) is 11.6 Å². The zero-order valence-corrected chi connectivity index (χ0v) is 7.20. The summed E-state index contributed by atoms with van der Waals surface area (Å²) in [5, 5.41) is 0.841. The number of hydrogen-bond acceptors (Lipinski definition) is 1. The monoisotopic (exact) mass is 177 g/mol. The number of hydrogen-bond donors (Lipinski definition) is 0. The lowest BCUT2D eigenvalue weighted by atomic mass is 10.1. The molecule has 0 fully saturated rings. The van der Waals surface area contributed by atoms with E-state index in [1.165, 1.54) is 0 Å². The molecule has 1 nitrogen and oxygen atoms in total. The number of nitrogens with zero attached hydrogens (tertiary/aromatic N) is 1. The van der Waals surface area contributed by atoms with Gasteiger partial charge in [0.25, 0.3) is 0 Å². The van der Waals surface area contributed by atoms with Gasteiger partial charge in [0.2, 0.25) is 0 Å². The fourth-order valence-corrected chi connectivity index (χ4v) is 1.51. The van der Waals surface area contributed by atoms with Crippen LogP contribution in [0.3, 0.4) is 0 Å². The zero-order valence-electron chi connectivity index (χ0n) is 6.44. The van der Waals surface area contributed by atoms with Gasteiger partial charge in [0.05, 0.1) is 11.6 Å². The zero-order chi connectivity index (χ0) is 8.39. The molecule has 1 heterocycles. The van der Waals surface area contributed by atoms with Gasteiger partial charge in [-0.15, -0.1) is 0 Å². The second-order valence-electron chi connectivity index (χ2n) is 2.67. The molecule has 1 aliphatic rings. The Kier molecular flexibility index (Phi) is 1.96. The summed E-state index contributed by atoms with van der Waals surface area (Å²) in [6, 6.07) is 5.86. The SMILES string of the molecule is ClC1=CC=CC1c1ccccn1. The summed E-state index contributed by atoms with van der Waals surface area (Å²) in [4.78, 5) is 4.23. The fraction of sp³-hybridized carbons (Fsp3) is 0.100. The summed E-state index contributed by atoms with van der Waals surface area (Å²) in [6.45, 7) is 0. The Morgan fingerprint density at radius 2 is 2.25 bits per heavy atom. The van der Waals surface area contributed by atoms with Gasteiger partial charge in [-0.2, -0.15) is 0 Å². The summed E-state index contributed by atoms with van der Waals surface area (Å²) in [5.74, 6) is 0.174.